The van der Waals surface area contributed by atoms with Gasteiger partial charge in [-0.15, -0.1) is 0 Å². The molecular formula is C18H20ClN5O3. The van der Waals surface area contributed by atoms with Gasteiger partial charge >= 0.3 is 0 Å². The lowest BCUT2D eigenvalue weighted by Crippen LogP contribution is -2.67. The van der Waals surface area contributed by atoms with Crippen LogP contribution in [-0.4, -0.2) is 61.2 Å². The fourth-order valence-electron chi connectivity index (χ4n) is 3.31. The van der Waals surface area contributed by atoms with Crippen LogP contribution in [0.1, 0.15) is 10.4 Å². The molecular weight excluding hydrogens is 370 g/mol. The first-order chi connectivity index (χ1) is 13.0. The molecule has 2 N–H and O–H groups in total. The molecule has 0 radical (unpaired) electrons. The van der Waals surface area contributed by atoms with Crippen LogP contribution >= 0.6 is 11.6 Å². The lowest BCUT2D eigenvalue weighted by atomic mass is 9.78. The maximum Gasteiger partial charge on any atom is 0.254 e. The summed E-state index contributed by atoms with van der Waals surface area (Å²) < 4.78 is 10.7. The molecule has 9 heteroatoms. The molecule has 0 bridgehead atoms. The summed E-state index contributed by atoms with van der Waals surface area (Å²) >= 11 is 6.01. The number of benzene rings is 1. The molecule has 2 fully saturated rings. The molecule has 142 valence electrons. The van der Waals surface area contributed by atoms with Crippen molar-refractivity contribution in [1.29, 1.82) is 0 Å². The highest BCUT2D eigenvalue weighted by atomic mass is 35.5. The summed E-state index contributed by atoms with van der Waals surface area (Å²) in [5.41, 5.74) is 1.43. The van der Waals surface area contributed by atoms with Gasteiger partial charge in [-0.05, 0) is 18.2 Å². The summed E-state index contributed by atoms with van der Waals surface area (Å²) in [6.45, 7) is 3.00. The zero-order valence-electron chi connectivity index (χ0n) is 15.1. The number of amides is 1. The Hall–Kier alpha value is -2.58. The molecule has 4 rings (SSSR count). The monoisotopic (exact) mass is 389 g/mol. The molecule has 1 amide bonds. The number of likely N-dealkylation sites (tertiary alicyclic amines) is 1. The third-order valence-electron chi connectivity index (χ3n) is 4.83. The molecule has 2 aliphatic heterocycles. The van der Waals surface area contributed by atoms with Crippen molar-refractivity contribution in [2.45, 2.75) is 0 Å². The number of nitrogens with one attached hydrogen (secondary N) is 2. The Morgan fingerprint density at radius 1 is 1.37 bits per heavy atom. The summed E-state index contributed by atoms with van der Waals surface area (Å²) in [4.78, 5) is 23.0. The topological polar surface area (TPSA) is 88.6 Å². The molecule has 0 saturated carbocycles. The predicted molar refractivity (Wildman–Crippen MR) is 102 cm³/mol. The number of halogens is 1. The van der Waals surface area contributed by atoms with E-state index in [2.05, 4.69) is 20.6 Å². The van der Waals surface area contributed by atoms with Gasteiger partial charge in [-0.1, -0.05) is 11.6 Å². The van der Waals surface area contributed by atoms with Crippen molar-refractivity contribution in [2.75, 3.05) is 51.1 Å². The van der Waals surface area contributed by atoms with Crippen molar-refractivity contribution in [2.24, 2.45) is 5.41 Å². The van der Waals surface area contributed by atoms with Crippen LogP contribution in [-0.2, 0) is 4.74 Å². The van der Waals surface area contributed by atoms with Gasteiger partial charge in [0.2, 0.25) is 5.95 Å². The van der Waals surface area contributed by atoms with Crippen LogP contribution in [0, 0.1) is 5.41 Å². The SMILES string of the molecule is CNc1nc(Nc2ccc(C(=O)N3CC4(COC4)C3)cc2OC)ncc1Cl. The van der Waals surface area contributed by atoms with Crippen LogP contribution in [0.15, 0.2) is 24.4 Å². The molecule has 1 spiro atoms. The Morgan fingerprint density at radius 2 is 2.15 bits per heavy atom. The molecule has 2 aliphatic rings. The summed E-state index contributed by atoms with van der Waals surface area (Å²) in [6, 6.07) is 5.28. The van der Waals surface area contributed by atoms with Crippen molar-refractivity contribution in [3.63, 3.8) is 0 Å². The molecule has 2 saturated heterocycles. The number of hydrogen-bond acceptors (Lipinski definition) is 7. The Labute approximate surface area is 161 Å². The summed E-state index contributed by atoms with van der Waals surface area (Å²) in [5, 5.41) is 6.43. The Bertz CT molecular complexity index is 879. The van der Waals surface area contributed by atoms with Crippen molar-refractivity contribution in [3.8, 4) is 5.75 Å². The van der Waals surface area contributed by atoms with E-state index in [1.807, 2.05) is 4.90 Å². The minimum absolute atomic E-state index is 0.00223. The molecule has 8 nitrogen and oxygen atoms in total. The van der Waals surface area contributed by atoms with Gasteiger partial charge in [-0.2, -0.15) is 4.98 Å². The lowest BCUT2D eigenvalue weighted by molar-refractivity contribution is -0.176. The summed E-state index contributed by atoms with van der Waals surface area (Å²) in [7, 11) is 3.29. The first kappa shape index (κ1) is 17.8. The third kappa shape index (κ3) is 3.26. The highest BCUT2D eigenvalue weighted by molar-refractivity contribution is 6.32. The molecule has 0 atom stereocenters. The lowest BCUT2D eigenvalue weighted by Gasteiger charge is -2.54. The molecule has 2 aromatic rings. The largest absolute Gasteiger partial charge is 0.495 e. The van der Waals surface area contributed by atoms with E-state index in [-0.39, 0.29) is 11.3 Å². The second-order valence-corrected chi connectivity index (χ2v) is 7.24. The predicted octanol–water partition coefficient (Wildman–Crippen LogP) is 2.40. The molecule has 1 aromatic heterocycles. The molecule has 0 aliphatic carbocycles. The van der Waals surface area contributed by atoms with Crippen molar-refractivity contribution >= 4 is 35.0 Å². The number of hydrogen-bond donors (Lipinski definition) is 2. The van der Waals surface area contributed by atoms with Crippen LogP contribution in [0.2, 0.25) is 5.02 Å². The number of methoxy groups -OCH3 is 1. The Kier molecular flexibility index (Phi) is 4.53. The molecule has 27 heavy (non-hydrogen) atoms. The maximum atomic E-state index is 12.7. The fraction of sp³-hybridized carbons (Fsp3) is 0.389. The van der Waals surface area contributed by atoms with Gasteiger partial charge < -0.3 is 25.0 Å². The smallest absolute Gasteiger partial charge is 0.254 e. The average Bonchev–Trinajstić information content (AvgIpc) is 2.61. The minimum Gasteiger partial charge on any atom is -0.495 e. The Balaban J connectivity index is 1.50. The van der Waals surface area contributed by atoms with Gasteiger partial charge in [0.1, 0.15) is 16.6 Å². The number of aromatic nitrogens is 2. The van der Waals surface area contributed by atoms with E-state index in [0.29, 0.717) is 33.8 Å². The number of rotatable bonds is 5. The highest BCUT2D eigenvalue weighted by Crippen LogP contribution is 2.38. The van der Waals surface area contributed by atoms with Crippen LogP contribution in [0.4, 0.5) is 17.5 Å². The molecule has 0 unspecified atom stereocenters. The van der Waals surface area contributed by atoms with E-state index in [0.717, 1.165) is 26.3 Å². The van der Waals surface area contributed by atoms with Crippen LogP contribution in [0.3, 0.4) is 0 Å². The quantitative estimate of drug-likeness (QED) is 0.811. The highest BCUT2D eigenvalue weighted by Gasteiger charge is 2.50. The zero-order chi connectivity index (χ0) is 19.0. The standard InChI is InChI=1S/C18H20ClN5O3/c1-20-15-12(19)6-21-17(23-15)22-13-4-3-11(5-14(13)26-2)16(25)24-7-18(8-24)9-27-10-18/h3-6H,7-10H2,1-2H3,(H2,20,21,22,23). The number of nitrogens with zero attached hydrogens (tertiary/aromatic N) is 3. The van der Waals surface area contributed by atoms with Crippen LogP contribution in [0.25, 0.3) is 0 Å². The first-order valence-electron chi connectivity index (χ1n) is 8.56. The van der Waals surface area contributed by atoms with Gasteiger partial charge in [0.05, 0.1) is 37.6 Å². The number of carbonyl (C=O) groups is 1. The van der Waals surface area contributed by atoms with Gasteiger partial charge in [0, 0.05) is 25.7 Å². The number of anilines is 3. The van der Waals surface area contributed by atoms with Crippen LogP contribution < -0.4 is 15.4 Å². The zero-order valence-corrected chi connectivity index (χ0v) is 15.8. The van der Waals surface area contributed by atoms with E-state index >= 15 is 0 Å². The molecule has 3 heterocycles. The first-order valence-corrected chi connectivity index (χ1v) is 8.94. The minimum atomic E-state index is -0.00223. The Morgan fingerprint density at radius 3 is 2.78 bits per heavy atom. The second kappa shape index (κ2) is 6.86. The number of ether oxygens (including phenoxy) is 2. The van der Waals surface area contributed by atoms with Gasteiger partial charge in [0.15, 0.2) is 0 Å². The maximum absolute atomic E-state index is 12.7. The molecule has 1 aromatic carbocycles. The van der Waals surface area contributed by atoms with Crippen molar-refractivity contribution in [3.05, 3.63) is 35.0 Å². The number of carbonyl (C=O) groups excluding carboxylic acids is 1. The second-order valence-electron chi connectivity index (χ2n) is 6.83. The van der Waals surface area contributed by atoms with E-state index in [1.54, 1.807) is 32.4 Å². The summed E-state index contributed by atoms with van der Waals surface area (Å²) in [6.07, 6.45) is 1.51. The van der Waals surface area contributed by atoms with E-state index < -0.39 is 0 Å². The third-order valence-corrected chi connectivity index (χ3v) is 5.11. The van der Waals surface area contributed by atoms with Crippen LogP contribution in [0.5, 0.6) is 5.75 Å². The van der Waals surface area contributed by atoms with E-state index in [1.165, 1.54) is 6.20 Å². The van der Waals surface area contributed by atoms with Crippen molar-refractivity contribution in [1.82, 2.24) is 14.9 Å². The summed E-state index contributed by atoms with van der Waals surface area (Å²) in [5.74, 6) is 1.42. The fourth-order valence-corrected chi connectivity index (χ4v) is 3.50. The van der Waals surface area contributed by atoms with Crippen molar-refractivity contribution < 1.29 is 14.3 Å². The van der Waals surface area contributed by atoms with E-state index in [4.69, 9.17) is 21.1 Å². The normalized spacial score (nSPS) is 17.1. The average molecular weight is 390 g/mol. The van der Waals surface area contributed by atoms with E-state index in [9.17, 15) is 4.79 Å². The van der Waals surface area contributed by atoms with Gasteiger partial charge in [0.25, 0.3) is 5.91 Å². The van der Waals surface area contributed by atoms with Gasteiger partial charge in [-0.3, -0.25) is 4.79 Å². The van der Waals surface area contributed by atoms with Gasteiger partial charge in [-0.25, -0.2) is 4.98 Å².